The van der Waals surface area contributed by atoms with Crippen molar-refractivity contribution in [1.29, 1.82) is 0 Å². The number of benzene rings is 2. The molecule has 1 aliphatic rings. The van der Waals surface area contributed by atoms with Crippen LogP contribution in [0.2, 0.25) is 0 Å². The molecule has 13 heteroatoms. The monoisotopic (exact) mass is 620 g/mol. The van der Waals surface area contributed by atoms with E-state index in [1.54, 1.807) is 30.6 Å². The highest BCUT2D eigenvalue weighted by molar-refractivity contribution is 6.04. The summed E-state index contributed by atoms with van der Waals surface area (Å²) in [7, 11) is 1.99. The normalized spacial score (nSPS) is 14.1. The molecule has 45 heavy (non-hydrogen) atoms. The smallest absolute Gasteiger partial charge is 0.322 e. The van der Waals surface area contributed by atoms with Crippen LogP contribution in [0.4, 0.5) is 34.9 Å². The number of anilines is 3. The Hall–Kier alpha value is -4.80. The minimum atomic E-state index is -4.56. The molecule has 0 bridgehead atoms. The van der Waals surface area contributed by atoms with Gasteiger partial charge in [-0.05, 0) is 49.4 Å². The van der Waals surface area contributed by atoms with E-state index in [1.165, 1.54) is 29.2 Å². The maximum absolute atomic E-state index is 14.0. The first-order valence-corrected chi connectivity index (χ1v) is 14.3. The molecule has 1 saturated heterocycles. The van der Waals surface area contributed by atoms with Crippen molar-refractivity contribution in [3.63, 3.8) is 0 Å². The van der Waals surface area contributed by atoms with Gasteiger partial charge in [-0.1, -0.05) is 24.0 Å². The SMILES string of the molecule is Cc1ccc(C(=O)Nc2ccc(CN3CCN(C)CC3)c(C(F)(F)F)c2)cc1C#Cc1cnc(Nc2cnn(CCF)c2)nc1. The number of hydrogen-bond acceptors (Lipinski definition) is 7. The topological polar surface area (TPSA) is 91.2 Å². The number of carbonyl (C=O) groups excluding carboxylic acids is 1. The van der Waals surface area contributed by atoms with Crippen molar-refractivity contribution in [3.05, 3.63) is 94.6 Å². The lowest BCUT2D eigenvalue weighted by molar-refractivity contribution is -0.138. The average Bonchev–Trinajstić information content (AvgIpc) is 3.45. The Morgan fingerprint density at radius 3 is 2.44 bits per heavy atom. The van der Waals surface area contributed by atoms with E-state index >= 15 is 0 Å². The predicted octanol–water partition coefficient (Wildman–Crippen LogP) is 5.11. The molecule has 0 spiro atoms. The summed E-state index contributed by atoms with van der Waals surface area (Å²) in [4.78, 5) is 25.7. The Bertz CT molecular complexity index is 1700. The molecule has 234 valence electrons. The van der Waals surface area contributed by atoms with Crippen LogP contribution in [0.5, 0.6) is 0 Å². The summed E-state index contributed by atoms with van der Waals surface area (Å²) < 4.78 is 55.9. The number of alkyl halides is 4. The Balaban J connectivity index is 1.26. The molecule has 2 aromatic heterocycles. The van der Waals surface area contributed by atoms with Gasteiger partial charge in [0.05, 0.1) is 29.6 Å². The highest BCUT2D eigenvalue weighted by atomic mass is 19.4. The molecule has 0 aliphatic carbocycles. The predicted molar refractivity (Wildman–Crippen MR) is 163 cm³/mol. The molecule has 0 saturated carbocycles. The van der Waals surface area contributed by atoms with Crippen LogP contribution in [0.25, 0.3) is 0 Å². The fraction of sp³-hybridized carbons (Fsp3) is 0.312. The van der Waals surface area contributed by atoms with E-state index < -0.39 is 24.3 Å². The molecular formula is C32H32F4N8O. The molecular weight excluding hydrogens is 588 g/mol. The van der Waals surface area contributed by atoms with Crippen LogP contribution in [0, 0.1) is 18.8 Å². The standard InChI is InChI=1S/C32H32F4N8O/c1-22-3-5-25(15-24(22)6-4-23-17-37-31(38-18-23)41-28-19-39-44(21-28)10-9-33)30(45)40-27-8-7-26(29(16-27)32(34,35)36)20-43-13-11-42(2)12-14-43/h3,5,7-8,15-19,21H,9-14,20H2,1-2H3,(H,40,45)(H,37,38,41). The lowest BCUT2D eigenvalue weighted by Gasteiger charge is -2.33. The van der Waals surface area contributed by atoms with Crippen LogP contribution in [-0.2, 0) is 19.3 Å². The Kier molecular flexibility index (Phi) is 9.75. The minimum Gasteiger partial charge on any atom is -0.322 e. The number of nitrogens with zero attached hydrogens (tertiary/aromatic N) is 6. The van der Waals surface area contributed by atoms with Gasteiger partial charge in [0.25, 0.3) is 5.91 Å². The fourth-order valence-corrected chi connectivity index (χ4v) is 4.77. The average molecular weight is 621 g/mol. The summed E-state index contributed by atoms with van der Waals surface area (Å²) in [6.45, 7) is 4.65. The van der Waals surface area contributed by atoms with Gasteiger partial charge in [-0.3, -0.25) is 14.4 Å². The van der Waals surface area contributed by atoms with E-state index in [1.807, 2.05) is 18.9 Å². The van der Waals surface area contributed by atoms with Gasteiger partial charge in [0.2, 0.25) is 5.95 Å². The summed E-state index contributed by atoms with van der Waals surface area (Å²) in [5.41, 5.74) is 2.26. The number of hydrogen-bond donors (Lipinski definition) is 2. The molecule has 3 heterocycles. The molecule has 1 amide bonds. The second-order valence-corrected chi connectivity index (χ2v) is 10.8. The molecule has 5 rings (SSSR count). The van der Waals surface area contributed by atoms with Crippen LogP contribution in [-0.4, -0.2) is 75.4 Å². The Labute approximate surface area is 258 Å². The molecule has 0 radical (unpaired) electrons. The number of rotatable bonds is 8. The van der Waals surface area contributed by atoms with E-state index in [0.29, 0.717) is 35.9 Å². The zero-order valence-corrected chi connectivity index (χ0v) is 24.8. The second kappa shape index (κ2) is 13.9. The zero-order chi connectivity index (χ0) is 32.0. The first-order chi connectivity index (χ1) is 21.6. The van der Waals surface area contributed by atoms with Crippen molar-refractivity contribution in [3.8, 4) is 11.8 Å². The van der Waals surface area contributed by atoms with Crippen LogP contribution < -0.4 is 10.6 Å². The molecule has 0 atom stereocenters. The number of aromatic nitrogens is 4. The number of halogens is 4. The van der Waals surface area contributed by atoms with Crippen molar-refractivity contribution in [2.75, 3.05) is 50.5 Å². The minimum absolute atomic E-state index is 0.0586. The summed E-state index contributed by atoms with van der Waals surface area (Å²) in [6, 6.07) is 8.85. The summed E-state index contributed by atoms with van der Waals surface area (Å²) in [5.74, 6) is 5.76. The maximum atomic E-state index is 14.0. The van der Waals surface area contributed by atoms with Gasteiger partial charge in [0.1, 0.15) is 6.67 Å². The molecule has 1 fully saturated rings. The Morgan fingerprint density at radius 1 is 0.978 bits per heavy atom. The zero-order valence-electron chi connectivity index (χ0n) is 24.8. The number of carbonyl (C=O) groups is 1. The van der Waals surface area contributed by atoms with Gasteiger partial charge in [0, 0.05) is 68.1 Å². The van der Waals surface area contributed by atoms with Gasteiger partial charge in [-0.25, -0.2) is 14.4 Å². The number of amides is 1. The summed E-state index contributed by atoms with van der Waals surface area (Å²) in [6.07, 6.45) is 1.69. The second-order valence-electron chi connectivity index (χ2n) is 10.8. The van der Waals surface area contributed by atoms with Crippen LogP contribution in [0.3, 0.4) is 0 Å². The van der Waals surface area contributed by atoms with Crippen molar-refractivity contribution >= 4 is 23.2 Å². The quantitative estimate of drug-likeness (QED) is 0.209. The highest BCUT2D eigenvalue weighted by Gasteiger charge is 2.34. The van der Waals surface area contributed by atoms with Crippen LogP contribution in [0.15, 0.2) is 61.2 Å². The van der Waals surface area contributed by atoms with Gasteiger partial charge in [-0.2, -0.15) is 18.3 Å². The third-order valence-corrected chi connectivity index (χ3v) is 7.36. The number of piperazine rings is 1. The molecule has 2 N–H and O–H groups in total. The van der Waals surface area contributed by atoms with Crippen molar-refractivity contribution in [2.45, 2.75) is 26.2 Å². The largest absolute Gasteiger partial charge is 0.416 e. The highest BCUT2D eigenvalue weighted by Crippen LogP contribution is 2.34. The van der Waals surface area contributed by atoms with Gasteiger partial charge in [0.15, 0.2) is 0 Å². The van der Waals surface area contributed by atoms with Gasteiger partial charge >= 0.3 is 6.18 Å². The number of nitrogens with one attached hydrogen (secondary N) is 2. The molecule has 2 aromatic carbocycles. The van der Waals surface area contributed by atoms with Gasteiger partial charge < -0.3 is 15.5 Å². The summed E-state index contributed by atoms with van der Waals surface area (Å²) in [5, 5.41) is 9.62. The lowest BCUT2D eigenvalue weighted by Crippen LogP contribution is -2.44. The first-order valence-electron chi connectivity index (χ1n) is 14.3. The van der Waals surface area contributed by atoms with E-state index in [4.69, 9.17) is 0 Å². The molecule has 0 unspecified atom stereocenters. The van der Waals surface area contributed by atoms with Gasteiger partial charge in [-0.15, -0.1) is 0 Å². The number of aryl methyl sites for hydroxylation is 2. The molecule has 4 aromatic rings. The molecule has 1 aliphatic heterocycles. The van der Waals surface area contributed by atoms with E-state index in [-0.39, 0.29) is 29.9 Å². The molecule has 9 nitrogen and oxygen atoms in total. The van der Waals surface area contributed by atoms with Crippen LogP contribution >= 0.6 is 0 Å². The van der Waals surface area contributed by atoms with Crippen molar-refractivity contribution < 1.29 is 22.4 Å². The van der Waals surface area contributed by atoms with E-state index in [0.717, 1.165) is 24.7 Å². The number of likely N-dealkylation sites (N-methyl/N-ethyl adjacent to an activating group) is 1. The summed E-state index contributed by atoms with van der Waals surface area (Å²) >= 11 is 0. The van der Waals surface area contributed by atoms with E-state index in [2.05, 4.69) is 42.4 Å². The Morgan fingerprint density at radius 2 is 1.73 bits per heavy atom. The third kappa shape index (κ3) is 8.43. The van der Waals surface area contributed by atoms with E-state index in [9.17, 15) is 22.4 Å². The van der Waals surface area contributed by atoms with Crippen molar-refractivity contribution in [2.24, 2.45) is 0 Å². The lowest BCUT2D eigenvalue weighted by atomic mass is 10.0. The van der Waals surface area contributed by atoms with Crippen molar-refractivity contribution in [1.82, 2.24) is 29.5 Å². The van der Waals surface area contributed by atoms with Crippen LogP contribution in [0.1, 0.15) is 38.2 Å². The maximum Gasteiger partial charge on any atom is 0.416 e. The fourth-order valence-electron chi connectivity index (χ4n) is 4.77. The third-order valence-electron chi connectivity index (χ3n) is 7.36. The first kappa shape index (κ1) is 31.6.